The van der Waals surface area contributed by atoms with E-state index >= 15 is 0 Å². The van der Waals surface area contributed by atoms with E-state index in [1.807, 2.05) is 32.2 Å². The maximum atomic E-state index is 12.5. The molecule has 1 aromatic carbocycles. The Morgan fingerprint density at radius 2 is 2.12 bits per heavy atom. The minimum absolute atomic E-state index is 0.0316. The van der Waals surface area contributed by atoms with E-state index in [-0.39, 0.29) is 11.9 Å². The molecule has 1 amide bonds. The van der Waals surface area contributed by atoms with Gasteiger partial charge in [-0.05, 0) is 31.9 Å². The lowest BCUT2D eigenvalue weighted by molar-refractivity contribution is -0.128. The van der Waals surface area contributed by atoms with Gasteiger partial charge in [-0.15, -0.1) is 11.3 Å². The zero-order valence-corrected chi connectivity index (χ0v) is 16.3. The molecule has 0 aliphatic carbocycles. The Morgan fingerprint density at radius 1 is 1.42 bits per heavy atom. The molecule has 7 heteroatoms. The molecule has 1 fully saturated rings. The van der Waals surface area contributed by atoms with Gasteiger partial charge in [-0.2, -0.15) is 0 Å². The molecule has 0 saturated carbocycles. The van der Waals surface area contributed by atoms with Crippen molar-refractivity contribution in [2.45, 2.75) is 25.8 Å². The summed E-state index contributed by atoms with van der Waals surface area (Å²) in [7, 11) is 1.85. The van der Waals surface area contributed by atoms with Gasteiger partial charge in [0, 0.05) is 20.1 Å². The van der Waals surface area contributed by atoms with Crippen molar-refractivity contribution < 1.29 is 4.79 Å². The van der Waals surface area contributed by atoms with Crippen molar-refractivity contribution in [3.05, 3.63) is 29.3 Å². The van der Waals surface area contributed by atoms with Gasteiger partial charge in [0.1, 0.15) is 9.33 Å². The fourth-order valence-electron chi connectivity index (χ4n) is 2.67. The largest absolute Gasteiger partial charge is 0.358 e. The average molecular weight is 380 g/mol. The third-order valence-corrected chi connectivity index (χ3v) is 7.04. The summed E-state index contributed by atoms with van der Waals surface area (Å²) in [5.41, 5.74) is 0.995. The molecule has 0 radical (unpaired) electrons. The molecule has 3 rings (SSSR count). The van der Waals surface area contributed by atoms with Crippen molar-refractivity contribution in [3.8, 4) is 0 Å². The van der Waals surface area contributed by atoms with Crippen LogP contribution in [0.2, 0.25) is 0 Å². The van der Waals surface area contributed by atoms with Crippen molar-refractivity contribution >= 4 is 55.8 Å². The molecule has 2 aromatic rings. The molecule has 2 heterocycles. The van der Waals surface area contributed by atoms with Gasteiger partial charge in [0.2, 0.25) is 5.91 Å². The van der Waals surface area contributed by atoms with Crippen LogP contribution in [-0.2, 0) is 4.79 Å². The molecule has 24 heavy (non-hydrogen) atoms. The zero-order chi connectivity index (χ0) is 17.1. The van der Waals surface area contributed by atoms with Crippen molar-refractivity contribution in [2.75, 3.05) is 25.9 Å². The number of aromatic nitrogens is 1. The van der Waals surface area contributed by atoms with Crippen molar-refractivity contribution in [1.82, 2.24) is 14.8 Å². The topological polar surface area (TPSA) is 36.4 Å². The Labute approximate surface area is 156 Å². The van der Waals surface area contributed by atoms with Crippen LogP contribution in [0.4, 0.5) is 0 Å². The zero-order valence-electron chi connectivity index (χ0n) is 13.9. The first kappa shape index (κ1) is 17.6. The molecule has 0 unspecified atom stereocenters. The summed E-state index contributed by atoms with van der Waals surface area (Å²) in [6, 6.07) is 8.04. The highest BCUT2D eigenvalue weighted by Gasteiger charge is 2.22. The van der Waals surface area contributed by atoms with Crippen LogP contribution in [0.3, 0.4) is 0 Å². The van der Waals surface area contributed by atoms with Gasteiger partial charge in [0.05, 0.1) is 22.0 Å². The van der Waals surface area contributed by atoms with Crippen LogP contribution in [0, 0.1) is 0 Å². The highest BCUT2D eigenvalue weighted by Crippen LogP contribution is 2.29. The van der Waals surface area contributed by atoms with E-state index in [0.717, 1.165) is 32.6 Å². The Hall–Kier alpha value is -1.18. The summed E-state index contributed by atoms with van der Waals surface area (Å²) >= 11 is 8.56. The number of thioether (sulfide) groups is 1. The van der Waals surface area contributed by atoms with Crippen molar-refractivity contribution in [1.29, 1.82) is 0 Å². The highest BCUT2D eigenvalue weighted by atomic mass is 32.2. The molecule has 0 N–H and O–H groups in total. The van der Waals surface area contributed by atoms with Gasteiger partial charge in [-0.1, -0.05) is 36.1 Å². The number of likely N-dealkylation sites (tertiary alicyclic amines) is 1. The number of benzene rings is 1. The van der Waals surface area contributed by atoms with E-state index in [1.54, 1.807) is 16.2 Å². The summed E-state index contributed by atoms with van der Waals surface area (Å²) in [4.78, 5) is 21.1. The molecular formula is C17H21N3OS3. The minimum atomic E-state index is -0.0316. The smallest absolute Gasteiger partial charge is 0.233 e. The summed E-state index contributed by atoms with van der Waals surface area (Å²) < 4.78 is 2.01. The molecular weight excluding hydrogens is 358 g/mol. The third-order valence-electron chi connectivity index (χ3n) is 4.33. The maximum Gasteiger partial charge on any atom is 0.233 e. The van der Waals surface area contributed by atoms with E-state index < -0.39 is 0 Å². The highest BCUT2D eigenvalue weighted by molar-refractivity contribution is 8.23. The van der Waals surface area contributed by atoms with Gasteiger partial charge < -0.3 is 9.80 Å². The first-order chi connectivity index (χ1) is 11.6. The van der Waals surface area contributed by atoms with Crippen molar-refractivity contribution in [2.24, 2.45) is 0 Å². The fourth-order valence-corrected chi connectivity index (χ4v) is 4.90. The quantitative estimate of drug-likeness (QED) is 0.752. The van der Waals surface area contributed by atoms with Crippen LogP contribution in [-0.4, -0.2) is 50.9 Å². The normalized spacial score (nSPS) is 15.7. The summed E-state index contributed by atoms with van der Waals surface area (Å²) in [6.45, 7) is 4.08. The molecule has 4 nitrogen and oxygen atoms in total. The molecule has 1 saturated heterocycles. The predicted octanol–water partition coefficient (Wildman–Crippen LogP) is 3.93. The number of rotatable bonds is 4. The lowest BCUT2D eigenvalue weighted by Gasteiger charge is -2.24. The van der Waals surface area contributed by atoms with E-state index in [0.29, 0.717) is 5.75 Å². The third kappa shape index (κ3) is 3.90. The Morgan fingerprint density at radius 3 is 2.83 bits per heavy atom. The Kier molecular flexibility index (Phi) is 5.73. The predicted molar refractivity (Wildman–Crippen MR) is 107 cm³/mol. The number of carbonyl (C=O) groups is 1. The molecule has 1 atom stereocenters. The van der Waals surface area contributed by atoms with Crippen LogP contribution in [0.15, 0.2) is 24.3 Å². The van der Waals surface area contributed by atoms with Crippen LogP contribution in [0.5, 0.6) is 0 Å². The van der Waals surface area contributed by atoms with Gasteiger partial charge in [-0.25, -0.2) is 4.98 Å². The number of para-hydroxylation sites is 1. The van der Waals surface area contributed by atoms with E-state index in [4.69, 9.17) is 12.2 Å². The first-order valence-electron chi connectivity index (χ1n) is 8.09. The molecule has 1 aliphatic rings. The van der Waals surface area contributed by atoms with E-state index in [9.17, 15) is 4.79 Å². The summed E-state index contributed by atoms with van der Waals surface area (Å²) in [5, 5.41) is 0.971. The van der Waals surface area contributed by atoms with Crippen LogP contribution >= 0.6 is 35.3 Å². The summed E-state index contributed by atoms with van der Waals surface area (Å²) in [5.74, 6) is 0.481. The molecule has 1 aliphatic heterocycles. The number of carbonyl (C=O) groups excluding carboxylic acids is 1. The van der Waals surface area contributed by atoms with Gasteiger partial charge >= 0.3 is 0 Å². The summed E-state index contributed by atoms with van der Waals surface area (Å²) in [6.07, 6.45) is 2.40. The average Bonchev–Trinajstić information content (AvgIpc) is 3.26. The second kappa shape index (κ2) is 7.80. The molecule has 1 aromatic heterocycles. The first-order valence-corrected chi connectivity index (χ1v) is 10.3. The lowest BCUT2D eigenvalue weighted by Crippen LogP contribution is -2.32. The fraction of sp³-hybridized carbons (Fsp3) is 0.471. The van der Waals surface area contributed by atoms with Crippen molar-refractivity contribution in [3.63, 3.8) is 0 Å². The second-order valence-corrected chi connectivity index (χ2v) is 8.62. The standard InChI is InChI=1S/C17H21N3OS3/c1-12(16-18-13-7-3-4-8-14(13)24-16)19(2)15(21)11-23-17(22)20-9-5-6-10-20/h3-4,7-8,12H,5-6,9-11H2,1-2H3/t12-/m1/s1. The van der Waals surface area contributed by atoms with Crippen LogP contribution in [0.1, 0.15) is 30.8 Å². The van der Waals surface area contributed by atoms with Crippen LogP contribution in [0.25, 0.3) is 10.2 Å². The van der Waals surface area contributed by atoms with E-state index in [1.165, 1.54) is 24.6 Å². The lowest BCUT2D eigenvalue weighted by atomic mass is 10.3. The SMILES string of the molecule is C[C@H](c1nc2ccccc2s1)N(C)C(=O)CSC(=S)N1CCCC1. The van der Waals surface area contributed by atoms with Gasteiger partial charge in [-0.3, -0.25) is 4.79 Å². The second-order valence-electron chi connectivity index (χ2n) is 5.95. The number of nitrogens with zero attached hydrogens (tertiary/aromatic N) is 3. The van der Waals surface area contributed by atoms with Gasteiger partial charge in [0.25, 0.3) is 0 Å². The molecule has 0 spiro atoms. The number of fused-ring (bicyclic) bond motifs is 1. The number of thiocarbonyl (C=S) groups is 1. The molecule has 0 bridgehead atoms. The number of hydrogen-bond acceptors (Lipinski definition) is 5. The molecule has 128 valence electrons. The minimum Gasteiger partial charge on any atom is -0.358 e. The monoisotopic (exact) mass is 379 g/mol. The maximum absolute atomic E-state index is 12.5. The van der Waals surface area contributed by atoms with Crippen LogP contribution < -0.4 is 0 Å². The Balaban J connectivity index is 1.58. The Bertz CT molecular complexity index is 707. The van der Waals surface area contributed by atoms with E-state index in [2.05, 4.69) is 16.0 Å². The number of thiazole rings is 1. The van der Waals surface area contributed by atoms with Gasteiger partial charge in [0.15, 0.2) is 0 Å². The number of hydrogen-bond donors (Lipinski definition) is 0. The number of amides is 1.